The van der Waals surface area contributed by atoms with Gasteiger partial charge >= 0.3 is 0 Å². The standard InChI is InChI=1S/C21H28N2O/c1-7-11-19(18-13-12-17(9-3)14-16(18)6)23-21(24)20(22-10-4)15(5)8-2/h8-10,12-14,19H,3-4,7,11H2,1-2,5-6H3,(H,23,24)/b15-8-,22-20?/t19-/m0/s1. The Kier molecular flexibility index (Phi) is 7.90. The second kappa shape index (κ2) is 9.66. The minimum atomic E-state index is -0.170. The van der Waals surface area contributed by atoms with Gasteiger partial charge in [0, 0.05) is 6.20 Å². The van der Waals surface area contributed by atoms with Gasteiger partial charge < -0.3 is 5.32 Å². The van der Waals surface area contributed by atoms with Crippen LogP contribution in [-0.4, -0.2) is 11.6 Å². The van der Waals surface area contributed by atoms with E-state index in [0.29, 0.717) is 5.71 Å². The number of benzene rings is 1. The minimum absolute atomic E-state index is 0.0407. The molecule has 1 amide bonds. The molecule has 1 atom stereocenters. The molecule has 1 rings (SSSR count). The van der Waals surface area contributed by atoms with Crippen LogP contribution in [0, 0.1) is 6.92 Å². The molecule has 0 bridgehead atoms. The Balaban J connectivity index is 3.13. The summed E-state index contributed by atoms with van der Waals surface area (Å²) in [5.74, 6) is -0.170. The zero-order valence-corrected chi connectivity index (χ0v) is 15.2. The van der Waals surface area contributed by atoms with Gasteiger partial charge in [-0.25, -0.2) is 0 Å². The maximum atomic E-state index is 12.7. The average Bonchev–Trinajstić information content (AvgIpc) is 2.58. The van der Waals surface area contributed by atoms with Gasteiger partial charge in [0.1, 0.15) is 5.71 Å². The number of nitrogens with zero attached hydrogens (tertiary/aromatic N) is 1. The number of carbonyl (C=O) groups excluding carboxylic acids is 1. The third kappa shape index (κ3) is 5.05. The lowest BCUT2D eigenvalue weighted by molar-refractivity contribution is -0.115. The molecule has 3 heteroatoms. The Bertz CT molecular complexity index is 668. The van der Waals surface area contributed by atoms with Gasteiger partial charge in [-0.2, -0.15) is 0 Å². The molecule has 0 aliphatic heterocycles. The van der Waals surface area contributed by atoms with Crippen molar-refractivity contribution in [1.82, 2.24) is 5.32 Å². The van der Waals surface area contributed by atoms with E-state index < -0.39 is 0 Å². The molecule has 0 saturated heterocycles. The number of hydrogen-bond acceptors (Lipinski definition) is 2. The molecule has 1 aromatic rings. The number of hydrogen-bond donors (Lipinski definition) is 1. The van der Waals surface area contributed by atoms with Crippen molar-refractivity contribution in [3.8, 4) is 0 Å². The topological polar surface area (TPSA) is 41.5 Å². The SMILES string of the molecule is C=CN=C(C(=O)N[C@@H](CCC)c1ccc(C=C)cc1C)/C(C)=C\C. The molecule has 0 heterocycles. The number of allylic oxidation sites excluding steroid dienone is 1. The predicted molar refractivity (Wildman–Crippen MR) is 104 cm³/mol. The van der Waals surface area contributed by atoms with Crippen molar-refractivity contribution in [3.05, 3.63) is 65.9 Å². The van der Waals surface area contributed by atoms with Crippen LogP contribution in [0.15, 0.2) is 54.2 Å². The zero-order valence-electron chi connectivity index (χ0n) is 15.2. The second-order valence-corrected chi connectivity index (χ2v) is 5.77. The third-order valence-corrected chi connectivity index (χ3v) is 4.03. The average molecular weight is 324 g/mol. The van der Waals surface area contributed by atoms with Crippen molar-refractivity contribution in [3.63, 3.8) is 0 Å². The number of nitrogens with one attached hydrogen (secondary N) is 1. The lowest BCUT2D eigenvalue weighted by Crippen LogP contribution is -2.35. The number of rotatable bonds is 8. The Morgan fingerprint density at radius 2 is 2.08 bits per heavy atom. The fourth-order valence-corrected chi connectivity index (χ4v) is 2.61. The van der Waals surface area contributed by atoms with Crippen LogP contribution in [0.25, 0.3) is 6.08 Å². The van der Waals surface area contributed by atoms with Gasteiger partial charge in [0.25, 0.3) is 5.91 Å². The number of carbonyl (C=O) groups is 1. The van der Waals surface area contributed by atoms with Crippen LogP contribution in [0.2, 0.25) is 0 Å². The van der Waals surface area contributed by atoms with E-state index in [1.807, 2.05) is 32.1 Å². The summed E-state index contributed by atoms with van der Waals surface area (Å²) in [4.78, 5) is 16.8. The van der Waals surface area contributed by atoms with Crippen molar-refractivity contribution < 1.29 is 4.79 Å². The van der Waals surface area contributed by atoms with E-state index in [-0.39, 0.29) is 11.9 Å². The number of amides is 1. The molecule has 0 aliphatic rings. The lowest BCUT2D eigenvalue weighted by Gasteiger charge is -2.21. The first kappa shape index (κ1) is 19.6. The van der Waals surface area contributed by atoms with E-state index >= 15 is 0 Å². The van der Waals surface area contributed by atoms with Crippen molar-refractivity contribution in [2.45, 2.75) is 46.6 Å². The van der Waals surface area contributed by atoms with Crippen LogP contribution in [0.1, 0.15) is 56.3 Å². The molecular formula is C21H28N2O. The van der Waals surface area contributed by atoms with Gasteiger partial charge in [-0.3, -0.25) is 9.79 Å². The van der Waals surface area contributed by atoms with E-state index in [0.717, 1.165) is 35.1 Å². The maximum absolute atomic E-state index is 12.7. The third-order valence-electron chi connectivity index (χ3n) is 4.03. The van der Waals surface area contributed by atoms with Gasteiger partial charge in [-0.1, -0.05) is 56.9 Å². The van der Waals surface area contributed by atoms with Crippen LogP contribution in [0.3, 0.4) is 0 Å². The van der Waals surface area contributed by atoms with Crippen molar-refractivity contribution in [2.24, 2.45) is 4.99 Å². The molecule has 0 radical (unpaired) electrons. The lowest BCUT2D eigenvalue weighted by atomic mass is 9.95. The first-order valence-electron chi connectivity index (χ1n) is 8.34. The van der Waals surface area contributed by atoms with Gasteiger partial charge in [0.2, 0.25) is 0 Å². The predicted octanol–water partition coefficient (Wildman–Crippen LogP) is 5.15. The molecule has 0 fully saturated rings. The van der Waals surface area contributed by atoms with E-state index in [4.69, 9.17) is 0 Å². The highest BCUT2D eigenvalue weighted by atomic mass is 16.1. The summed E-state index contributed by atoms with van der Waals surface area (Å²) in [6, 6.07) is 6.15. The summed E-state index contributed by atoms with van der Waals surface area (Å²) in [5, 5.41) is 3.13. The van der Waals surface area contributed by atoms with E-state index in [9.17, 15) is 4.79 Å². The highest BCUT2D eigenvalue weighted by Gasteiger charge is 2.20. The molecule has 0 spiro atoms. The van der Waals surface area contributed by atoms with Crippen LogP contribution in [0.4, 0.5) is 0 Å². The molecule has 0 aliphatic carbocycles. The van der Waals surface area contributed by atoms with Crippen molar-refractivity contribution in [2.75, 3.05) is 0 Å². The summed E-state index contributed by atoms with van der Waals surface area (Å²) in [5.41, 5.74) is 4.61. The fraction of sp³-hybridized carbons (Fsp3) is 0.333. The zero-order chi connectivity index (χ0) is 18.1. The normalized spacial score (nSPS) is 13.3. The van der Waals surface area contributed by atoms with Crippen molar-refractivity contribution in [1.29, 1.82) is 0 Å². The molecular weight excluding hydrogens is 296 g/mol. The Labute approximate surface area is 145 Å². The molecule has 128 valence electrons. The first-order chi connectivity index (χ1) is 11.5. The van der Waals surface area contributed by atoms with Gasteiger partial charge in [-0.15, -0.1) is 0 Å². The highest BCUT2D eigenvalue weighted by Crippen LogP contribution is 2.24. The molecule has 0 saturated carbocycles. The van der Waals surface area contributed by atoms with E-state index in [1.54, 1.807) is 0 Å². The monoisotopic (exact) mass is 324 g/mol. The molecule has 3 nitrogen and oxygen atoms in total. The Morgan fingerprint density at radius 3 is 2.58 bits per heavy atom. The van der Waals surface area contributed by atoms with Crippen LogP contribution < -0.4 is 5.32 Å². The summed E-state index contributed by atoms with van der Waals surface area (Å²) in [6.45, 7) is 15.3. The second-order valence-electron chi connectivity index (χ2n) is 5.77. The Hall–Kier alpha value is -2.42. The minimum Gasteiger partial charge on any atom is -0.344 e. The number of aliphatic imine (C=N–C) groups is 1. The molecule has 1 aromatic carbocycles. The molecule has 0 aromatic heterocycles. The van der Waals surface area contributed by atoms with Crippen LogP contribution in [0.5, 0.6) is 0 Å². The molecule has 24 heavy (non-hydrogen) atoms. The van der Waals surface area contributed by atoms with Crippen molar-refractivity contribution >= 4 is 17.7 Å². The van der Waals surface area contributed by atoms with Gasteiger partial charge in [0.05, 0.1) is 6.04 Å². The summed E-state index contributed by atoms with van der Waals surface area (Å²) >= 11 is 0. The smallest absolute Gasteiger partial charge is 0.270 e. The van der Waals surface area contributed by atoms with Gasteiger partial charge in [0.15, 0.2) is 0 Å². The quantitative estimate of drug-likeness (QED) is 0.660. The number of aryl methyl sites for hydroxylation is 1. The highest BCUT2D eigenvalue weighted by molar-refractivity contribution is 6.45. The first-order valence-corrected chi connectivity index (χ1v) is 8.34. The van der Waals surface area contributed by atoms with Gasteiger partial charge in [-0.05, 0) is 49.5 Å². The summed E-state index contributed by atoms with van der Waals surface area (Å²) in [7, 11) is 0. The van der Waals surface area contributed by atoms with E-state index in [1.165, 1.54) is 6.20 Å². The molecule has 0 unspecified atom stereocenters. The maximum Gasteiger partial charge on any atom is 0.270 e. The summed E-state index contributed by atoms with van der Waals surface area (Å²) in [6.07, 6.45) is 6.95. The van der Waals surface area contributed by atoms with Crippen LogP contribution >= 0.6 is 0 Å². The van der Waals surface area contributed by atoms with E-state index in [2.05, 4.69) is 49.4 Å². The fourth-order valence-electron chi connectivity index (χ4n) is 2.61. The Morgan fingerprint density at radius 1 is 1.38 bits per heavy atom. The molecule has 1 N–H and O–H groups in total. The largest absolute Gasteiger partial charge is 0.344 e. The summed E-state index contributed by atoms with van der Waals surface area (Å²) < 4.78 is 0. The van der Waals surface area contributed by atoms with Crippen LogP contribution in [-0.2, 0) is 4.79 Å².